The van der Waals surface area contributed by atoms with Gasteiger partial charge in [-0.25, -0.2) is 0 Å². The quantitative estimate of drug-likeness (QED) is 0.909. The summed E-state index contributed by atoms with van der Waals surface area (Å²) in [6.45, 7) is 4.74. The maximum atomic E-state index is 12.5. The Morgan fingerprint density at radius 1 is 1.30 bits per heavy atom. The molecule has 1 aromatic carbocycles. The minimum Gasteiger partial charge on any atom is -0.386 e. The second-order valence-electron chi connectivity index (χ2n) is 5.80. The molecule has 1 amide bonds. The molecule has 0 saturated carbocycles. The summed E-state index contributed by atoms with van der Waals surface area (Å²) in [5.74, 6) is 0.0943. The number of aromatic nitrogens is 1. The zero-order chi connectivity index (χ0) is 14.3. The minimum atomic E-state index is -0.742. The van der Waals surface area contributed by atoms with Crippen molar-refractivity contribution in [3.8, 4) is 0 Å². The number of aliphatic hydroxyl groups is 1. The van der Waals surface area contributed by atoms with Crippen LogP contribution in [0.15, 0.2) is 36.5 Å². The van der Waals surface area contributed by atoms with E-state index >= 15 is 0 Å². The Morgan fingerprint density at radius 2 is 2.00 bits per heavy atom. The van der Waals surface area contributed by atoms with Gasteiger partial charge in [-0.05, 0) is 18.1 Å². The number of carbonyl (C=O) groups excluding carboxylic acids is 1. The number of fused-ring (bicyclic) bond motifs is 1. The molecule has 0 spiro atoms. The first-order valence-corrected chi connectivity index (χ1v) is 6.87. The van der Waals surface area contributed by atoms with E-state index < -0.39 is 5.60 Å². The molecule has 2 aromatic rings. The molecule has 0 radical (unpaired) electrons. The first-order chi connectivity index (χ1) is 9.51. The van der Waals surface area contributed by atoms with Crippen molar-refractivity contribution < 1.29 is 9.90 Å². The van der Waals surface area contributed by atoms with Crippen LogP contribution in [0.5, 0.6) is 0 Å². The Kier molecular flexibility index (Phi) is 2.98. The lowest BCUT2D eigenvalue weighted by molar-refractivity contribution is -0.110. The lowest BCUT2D eigenvalue weighted by Gasteiger charge is -2.49. The van der Waals surface area contributed by atoms with Crippen molar-refractivity contribution in [1.82, 2.24) is 9.88 Å². The number of likely N-dealkylation sites (tertiary alicyclic amines) is 1. The van der Waals surface area contributed by atoms with Crippen molar-refractivity contribution in [3.05, 3.63) is 42.1 Å². The van der Waals surface area contributed by atoms with Gasteiger partial charge in [0.2, 0.25) is 0 Å². The Bertz CT molecular complexity index is 655. The maximum Gasteiger partial charge on any atom is 0.256 e. The van der Waals surface area contributed by atoms with Crippen LogP contribution in [0.4, 0.5) is 0 Å². The van der Waals surface area contributed by atoms with E-state index in [1.807, 2.05) is 38.1 Å². The second kappa shape index (κ2) is 4.56. The van der Waals surface area contributed by atoms with Crippen molar-refractivity contribution in [2.45, 2.75) is 19.4 Å². The number of β-amino-alcohol motifs (C(OH)–C–C–N with tert-alkyl or cyclic N) is 1. The Hall–Kier alpha value is -1.94. The number of amides is 1. The van der Waals surface area contributed by atoms with E-state index in [-0.39, 0.29) is 11.8 Å². The summed E-state index contributed by atoms with van der Waals surface area (Å²) in [5, 5.41) is 11.2. The van der Waals surface area contributed by atoms with Crippen LogP contribution < -0.4 is 0 Å². The van der Waals surface area contributed by atoms with E-state index in [9.17, 15) is 9.90 Å². The number of para-hydroxylation sites is 1. The molecule has 104 valence electrons. The number of benzene rings is 1. The van der Waals surface area contributed by atoms with Gasteiger partial charge in [-0.3, -0.25) is 9.78 Å². The molecule has 0 unspecified atom stereocenters. The van der Waals surface area contributed by atoms with Crippen molar-refractivity contribution >= 4 is 16.8 Å². The highest BCUT2D eigenvalue weighted by atomic mass is 16.3. The van der Waals surface area contributed by atoms with Gasteiger partial charge in [0.1, 0.15) is 5.60 Å². The van der Waals surface area contributed by atoms with E-state index in [1.165, 1.54) is 0 Å². The van der Waals surface area contributed by atoms with E-state index in [0.717, 1.165) is 10.9 Å². The molecule has 0 bridgehead atoms. The zero-order valence-electron chi connectivity index (χ0n) is 11.7. The van der Waals surface area contributed by atoms with Crippen LogP contribution in [0, 0.1) is 5.92 Å². The normalized spacial score (nSPS) is 17.3. The third-order valence-corrected chi connectivity index (χ3v) is 4.15. The number of nitrogens with zero attached hydrogens (tertiary/aromatic N) is 2. The zero-order valence-corrected chi connectivity index (χ0v) is 11.7. The number of hydrogen-bond acceptors (Lipinski definition) is 3. The number of hydrogen-bond donors (Lipinski definition) is 1. The first-order valence-electron chi connectivity index (χ1n) is 6.87. The van der Waals surface area contributed by atoms with E-state index in [2.05, 4.69) is 4.98 Å². The maximum absolute atomic E-state index is 12.5. The van der Waals surface area contributed by atoms with Gasteiger partial charge < -0.3 is 10.0 Å². The highest BCUT2D eigenvalue weighted by Gasteiger charge is 2.46. The summed E-state index contributed by atoms with van der Waals surface area (Å²) in [6.07, 6.45) is 1.69. The molecule has 2 heterocycles. The van der Waals surface area contributed by atoms with Crippen molar-refractivity contribution in [2.75, 3.05) is 13.1 Å². The third-order valence-electron chi connectivity index (χ3n) is 4.15. The lowest BCUT2D eigenvalue weighted by atomic mass is 9.82. The van der Waals surface area contributed by atoms with Gasteiger partial charge in [0.05, 0.1) is 24.2 Å². The summed E-state index contributed by atoms with van der Waals surface area (Å²) < 4.78 is 0. The van der Waals surface area contributed by atoms with Crippen LogP contribution in [0.1, 0.15) is 24.2 Å². The standard InChI is InChI=1S/C16H18N2O2/c1-11(2)16(20)9-18(10-16)15(19)13-7-3-5-12-6-4-8-17-14(12)13/h3-8,11,20H,9-10H2,1-2H3. The molecule has 4 heteroatoms. The molecule has 0 atom stereocenters. The molecule has 1 aliphatic rings. The minimum absolute atomic E-state index is 0.0559. The number of rotatable bonds is 2. The van der Waals surface area contributed by atoms with Crippen LogP contribution in [0.25, 0.3) is 10.9 Å². The lowest BCUT2D eigenvalue weighted by Crippen LogP contribution is -2.65. The number of pyridine rings is 1. The third kappa shape index (κ3) is 1.96. The Balaban J connectivity index is 1.88. The second-order valence-corrected chi connectivity index (χ2v) is 5.80. The van der Waals surface area contributed by atoms with Gasteiger partial charge in [-0.1, -0.05) is 32.0 Å². The van der Waals surface area contributed by atoms with Crippen LogP contribution >= 0.6 is 0 Å². The van der Waals surface area contributed by atoms with E-state index in [0.29, 0.717) is 18.7 Å². The molecule has 1 fully saturated rings. The van der Waals surface area contributed by atoms with Crippen molar-refractivity contribution in [2.24, 2.45) is 5.92 Å². The molecule has 1 N–H and O–H groups in total. The Morgan fingerprint density at radius 3 is 2.70 bits per heavy atom. The largest absolute Gasteiger partial charge is 0.386 e. The number of carbonyl (C=O) groups is 1. The predicted octanol–water partition coefficient (Wildman–Crippen LogP) is 2.08. The van der Waals surface area contributed by atoms with Gasteiger partial charge in [-0.15, -0.1) is 0 Å². The molecule has 1 aliphatic heterocycles. The van der Waals surface area contributed by atoms with Crippen LogP contribution in [0.2, 0.25) is 0 Å². The summed E-state index contributed by atoms with van der Waals surface area (Å²) in [5.41, 5.74) is 0.585. The highest BCUT2D eigenvalue weighted by Crippen LogP contribution is 2.30. The summed E-state index contributed by atoms with van der Waals surface area (Å²) >= 11 is 0. The van der Waals surface area contributed by atoms with E-state index in [4.69, 9.17) is 0 Å². The smallest absolute Gasteiger partial charge is 0.256 e. The van der Waals surface area contributed by atoms with E-state index in [1.54, 1.807) is 17.2 Å². The fourth-order valence-corrected chi connectivity index (χ4v) is 2.57. The molecule has 1 aromatic heterocycles. The summed E-state index contributed by atoms with van der Waals surface area (Å²) in [7, 11) is 0. The average molecular weight is 270 g/mol. The molecule has 0 aliphatic carbocycles. The van der Waals surface area contributed by atoms with Gasteiger partial charge in [0.15, 0.2) is 0 Å². The van der Waals surface area contributed by atoms with Gasteiger partial charge in [0, 0.05) is 11.6 Å². The molecular weight excluding hydrogens is 252 g/mol. The molecule has 3 rings (SSSR count). The molecule has 1 saturated heterocycles. The molecule has 20 heavy (non-hydrogen) atoms. The van der Waals surface area contributed by atoms with Crippen LogP contribution in [0.3, 0.4) is 0 Å². The van der Waals surface area contributed by atoms with Crippen LogP contribution in [-0.4, -0.2) is 39.6 Å². The van der Waals surface area contributed by atoms with Gasteiger partial charge in [0.25, 0.3) is 5.91 Å². The van der Waals surface area contributed by atoms with Crippen molar-refractivity contribution in [1.29, 1.82) is 0 Å². The Labute approximate surface area is 118 Å². The monoisotopic (exact) mass is 270 g/mol. The van der Waals surface area contributed by atoms with Crippen LogP contribution in [-0.2, 0) is 0 Å². The fourth-order valence-electron chi connectivity index (χ4n) is 2.57. The summed E-state index contributed by atoms with van der Waals surface area (Å²) in [4.78, 5) is 18.5. The molecular formula is C16H18N2O2. The predicted molar refractivity (Wildman–Crippen MR) is 77.4 cm³/mol. The fraction of sp³-hybridized carbons (Fsp3) is 0.375. The van der Waals surface area contributed by atoms with Gasteiger partial charge >= 0.3 is 0 Å². The van der Waals surface area contributed by atoms with Crippen molar-refractivity contribution in [3.63, 3.8) is 0 Å². The SMILES string of the molecule is CC(C)C1(O)CN(C(=O)c2cccc3cccnc23)C1. The molecule has 4 nitrogen and oxygen atoms in total. The first kappa shape index (κ1) is 13.1. The average Bonchev–Trinajstić information content (AvgIpc) is 2.42. The van der Waals surface area contributed by atoms with Gasteiger partial charge in [-0.2, -0.15) is 0 Å². The topological polar surface area (TPSA) is 53.4 Å². The summed E-state index contributed by atoms with van der Waals surface area (Å²) in [6, 6.07) is 9.41. The highest BCUT2D eigenvalue weighted by molar-refractivity contribution is 6.05.